The van der Waals surface area contributed by atoms with Crippen molar-refractivity contribution in [3.63, 3.8) is 0 Å². The third-order valence-electron chi connectivity index (χ3n) is 7.53. The Kier molecular flexibility index (Phi) is 8.49. The average molecular weight is 561 g/mol. The lowest BCUT2D eigenvalue weighted by atomic mass is 9.89. The highest BCUT2D eigenvalue weighted by atomic mass is 32.1. The first-order valence-electron chi connectivity index (χ1n) is 13.9. The van der Waals surface area contributed by atoms with E-state index in [4.69, 9.17) is 14.6 Å². The maximum Gasteiger partial charge on any atom is 0.267 e. The molecule has 0 radical (unpaired) electrons. The van der Waals surface area contributed by atoms with Gasteiger partial charge in [0.05, 0.1) is 36.2 Å². The van der Waals surface area contributed by atoms with Crippen molar-refractivity contribution in [1.29, 1.82) is 0 Å². The van der Waals surface area contributed by atoms with Crippen molar-refractivity contribution >= 4 is 34.6 Å². The Hall–Kier alpha value is -3.72. The normalized spacial score (nSPS) is 17.6. The number of aryl methyl sites for hydroxylation is 2. The molecule has 40 heavy (non-hydrogen) atoms. The fourth-order valence-electron chi connectivity index (χ4n) is 5.35. The van der Waals surface area contributed by atoms with E-state index in [0.29, 0.717) is 29.3 Å². The van der Waals surface area contributed by atoms with Gasteiger partial charge in [0.1, 0.15) is 4.88 Å². The molecule has 2 amide bonds. The van der Waals surface area contributed by atoms with E-state index in [-0.39, 0.29) is 23.8 Å². The lowest BCUT2D eigenvalue weighted by Crippen LogP contribution is -2.36. The summed E-state index contributed by atoms with van der Waals surface area (Å²) in [6.07, 6.45) is 5.92. The zero-order valence-corrected chi connectivity index (χ0v) is 24.3. The predicted octanol–water partition coefficient (Wildman–Crippen LogP) is 6.51. The van der Waals surface area contributed by atoms with Gasteiger partial charge in [-0.2, -0.15) is 5.10 Å². The van der Waals surface area contributed by atoms with Crippen LogP contribution in [-0.2, 0) is 11.3 Å². The number of ether oxygens (including phenoxy) is 2. The van der Waals surface area contributed by atoms with Gasteiger partial charge in [0.25, 0.3) is 5.91 Å². The molecule has 1 unspecified atom stereocenters. The van der Waals surface area contributed by atoms with E-state index in [1.165, 1.54) is 24.2 Å². The zero-order valence-electron chi connectivity index (χ0n) is 23.5. The molecule has 210 valence electrons. The van der Waals surface area contributed by atoms with Crippen LogP contribution in [0, 0.1) is 19.8 Å². The molecule has 2 heterocycles. The molecule has 9 heteroatoms. The Morgan fingerprint density at radius 2 is 1.85 bits per heavy atom. The fourth-order valence-corrected chi connectivity index (χ4v) is 6.16. The highest BCUT2D eigenvalue weighted by molar-refractivity contribution is 7.13. The zero-order chi connectivity index (χ0) is 28.2. The number of thiazole rings is 1. The smallest absolute Gasteiger partial charge is 0.267 e. The number of amides is 2. The summed E-state index contributed by atoms with van der Waals surface area (Å²) in [6.45, 7) is 6.16. The molecule has 1 aliphatic heterocycles. The van der Waals surface area contributed by atoms with Crippen LogP contribution < -0.4 is 14.8 Å². The molecule has 8 nitrogen and oxygen atoms in total. The Labute approximate surface area is 239 Å². The maximum absolute atomic E-state index is 13.1. The van der Waals surface area contributed by atoms with Crippen molar-refractivity contribution in [2.24, 2.45) is 11.0 Å². The molecule has 2 aliphatic rings. The van der Waals surface area contributed by atoms with Gasteiger partial charge in [-0.15, -0.1) is 11.3 Å². The summed E-state index contributed by atoms with van der Waals surface area (Å²) in [5.41, 5.74) is 4.18. The molecule has 0 saturated heterocycles. The minimum atomic E-state index is -0.169. The van der Waals surface area contributed by atoms with Crippen molar-refractivity contribution in [3.05, 3.63) is 69.2 Å². The van der Waals surface area contributed by atoms with Gasteiger partial charge in [-0.3, -0.25) is 9.59 Å². The number of methoxy groups -OCH3 is 1. The second-order valence-electron chi connectivity index (χ2n) is 10.4. The van der Waals surface area contributed by atoms with Gasteiger partial charge in [-0.1, -0.05) is 19.1 Å². The summed E-state index contributed by atoms with van der Waals surface area (Å²) in [4.78, 5) is 30.7. The first-order chi connectivity index (χ1) is 19.3. The van der Waals surface area contributed by atoms with Crippen LogP contribution >= 0.6 is 11.3 Å². The molecular formula is C31H36N4O4S. The van der Waals surface area contributed by atoms with E-state index in [0.717, 1.165) is 52.6 Å². The second-order valence-corrected chi connectivity index (χ2v) is 11.6. The van der Waals surface area contributed by atoms with Gasteiger partial charge in [0, 0.05) is 23.6 Å². The topological polar surface area (TPSA) is 93.1 Å². The summed E-state index contributed by atoms with van der Waals surface area (Å²) in [5.74, 6) is 1.31. The number of carbonyl (C=O) groups excluding carboxylic acids is 2. The largest absolute Gasteiger partial charge is 0.493 e. The number of nitrogens with one attached hydrogen (secondary N) is 1. The summed E-state index contributed by atoms with van der Waals surface area (Å²) in [5, 5.41) is 10.2. The Morgan fingerprint density at radius 3 is 2.50 bits per heavy atom. The number of nitrogens with zero attached hydrogens (tertiary/aromatic N) is 3. The van der Waals surface area contributed by atoms with E-state index < -0.39 is 0 Å². The van der Waals surface area contributed by atoms with E-state index in [9.17, 15) is 9.59 Å². The van der Waals surface area contributed by atoms with Crippen LogP contribution in [0.1, 0.15) is 76.9 Å². The number of hydrogen-bond donors (Lipinski definition) is 1. The van der Waals surface area contributed by atoms with Gasteiger partial charge in [0.2, 0.25) is 5.91 Å². The van der Waals surface area contributed by atoms with Crippen molar-refractivity contribution in [1.82, 2.24) is 9.99 Å². The summed E-state index contributed by atoms with van der Waals surface area (Å²) >= 11 is 1.38. The lowest BCUT2D eigenvalue weighted by Gasteiger charge is -2.29. The summed E-state index contributed by atoms with van der Waals surface area (Å²) < 4.78 is 11.9. The fraction of sp³-hybridized carbons (Fsp3) is 0.419. The Balaban J connectivity index is 1.33. The van der Waals surface area contributed by atoms with E-state index in [1.54, 1.807) is 12.1 Å². The third kappa shape index (κ3) is 6.20. The van der Waals surface area contributed by atoms with Crippen LogP contribution in [0.5, 0.6) is 11.5 Å². The minimum Gasteiger partial charge on any atom is -0.493 e. The molecule has 1 fully saturated rings. The van der Waals surface area contributed by atoms with Crippen LogP contribution in [0.2, 0.25) is 0 Å². The van der Waals surface area contributed by atoms with Crippen molar-refractivity contribution in [2.75, 3.05) is 12.4 Å². The number of rotatable bonds is 9. The van der Waals surface area contributed by atoms with Crippen molar-refractivity contribution < 1.29 is 19.1 Å². The number of carbonyl (C=O) groups is 2. The minimum absolute atomic E-state index is 0.0000366. The molecule has 1 aliphatic carbocycles. The Bertz CT molecular complexity index is 1410. The van der Waals surface area contributed by atoms with Crippen LogP contribution in [-0.4, -0.2) is 40.7 Å². The summed E-state index contributed by atoms with van der Waals surface area (Å²) in [6, 6.07) is 13.5. The van der Waals surface area contributed by atoms with Crippen LogP contribution in [0.25, 0.3) is 0 Å². The lowest BCUT2D eigenvalue weighted by molar-refractivity contribution is -0.133. The van der Waals surface area contributed by atoms with Gasteiger partial charge in [-0.05, 0) is 81.8 Å². The van der Waals surface area contributed by atoms with Gasteiger partial charge in [-0.25, -0.2) is 9.99 Å². The molecule has 1 N–H and O–H groups in total. The van der Waals surface area contributed by atoms with E-state index >= 15 is 0 Å². The Morgan fingerprint density at radius 1 is 1.10 bits per heavy atom. The molecule has 5 rings (SSSR count). The molecule has 1 saturated carbocycles. The van der Waals surface area contributed by atoms with Crippen molar-refractivity contribution in [2.45, 2.75) is 71.9 Å². The maximum atomic E-state index is 13.1. The van der Waals surface area contributed by atoms with Crippen LogP contribution in [0.4, 0.5) is 5.69 Å². The van der Waals surface area contributed by atoms with Crippen molar-refractivity contribution in [3.8, 4) is 11.5 Å². The number of benzene rings is 2. The van der Waals surface area contributed by atoms with E-state index in [1.807, 2.05) is 56.3 Å². The predicted molar refractivity (Wildman–Crippen MR) is 157 cm³/mol. The van der Waals surface area contributed by atoms with Crippen LogP contribution in [0.3, 0.4) is 0 Å². The highest BCUT2D eigenvalue weighted by Gasteiger charge is 2.30. The molecule has 3 aromatic rings. The molecule has 2 aromatic carbocycles. The molecule has 0 spiro atoms. The van der Waals surface area contributed by atoms with Crippen LogP contribution in [0.15, 0.2) is 47.6 Å². The first-order valence-corrected chi connectivity index (χ1v) is 14.7. The number of hydrogen-bond acceptors (Lipinski definition) is 7. The number of hydrazone groups is 1. The van der Waals surface area contributed by atoms with Gasteiger partial charge >= 0.3 is 0 Å². The molecule has 1 atom stereocenters. The van der Waals surface area contributed by atoms with Gasteiger partial charge in [0.15, 0.2) is 11.5 Å². The van der Waals surface area contributed by atoms with Gasteiger partial charge < -0.3 is 14.8 Å². The van der Waals surface area contributed by atoms with E-state index in [2.05, 4.69) is 17.2 Å². The number of anilines is 1. The average Bonchev–Trinajstić information content (AvgIpc) is 3.59. The quantitative estimate of drug-likeness (QED) is 0.322. The highest BCUT2D eigenvalue weighted by Crippen LogP contribution is 2.35. The third-order valence-corrected chi connectivity index (χ3v) is 8.60. The molecule has 1 aromatic heterocycles. The monoisotopic (exact) mass is 560 g/mol. The molecular weight excluding hydrogens is 524 g/mol. The summed E-state index contributed by atoms with van der Waals surface area (Å²) in [7, 11) is 1.65. The second kappa shape index (κ2) is 12.2. The standard InChI is InChI=1S/C31H36N4O4S/c1-5-22-17-28(36)35(18-21-10-13-24(14-11-21)33-31(37)30-19(2)32-20(3)40-30)34-29(22)23-12-15-26(38-4)27(16-23)39-25-8-6-7-9-25/h10-16,22,25H,5-9,17-18H2,1-4H3,(H,33,37). The number of aromatic nitrogens is 1. The first kappa shape index (κ1) is 27.8. The SMILES string of the molecule is CCC1CC(=O)N(Cc2ccc(NC(=O)c3sc(C)nc3C)cc2)N=C1c1ccc(OC)c(OC2CCCC2)c1. The molecule has 0 bridgehead atoms.